The number of likely N-dealkylation sites (tertiary alicyclic amines) is 1. The van der Waals surface area contributed by atoms with E-state index in [-0.39, 0.29) is 5.91 Å². The van der Waals surface area contributed by atoms with Crippen molar-refractivity contribution in [3.05, 3.63) is 42.0 Å². The summed E-state index contributed by atoms with van der Waals surface area (Å²) in [6, 6.07) is 5.66. The summed E-state index contributed by atoms with van der Waals surface area (Å²) in [5.74, 6) is 1.54. The van der Waals surface area contributed by atoms with Crippen molar-refractivity contribution in [2.75, 3.05) is 20.2 Å². The minimum atomic E-state index is 0.129. The average molecular weight is 273 g/mol. The molecule has 1 fully saturated rings. The molecule has 108 valence electrons. The van der Waals surface area contributed by atoms with Crippen LogP contribution >= 0.6 is 0 Å². The number of ether oxygens (including phenoxy) is 1. The van der Waals surface area contributed by atoms with Gasteiger partial charge in [0.1, 0.15) is 5.75 Å². The predicted octanol–water partition coefficient (Wildman–Crippen LogP) is 3.30. The number of carbonyl (C=O) groups excluding carboxylic acids is 1. The minimum Gasteiger partial charge on any atom is -0.496 e. The van der Waals surface area contributed by atoms with Gasteiger partial charge in [-0.25, -0.2) is 0 Å². The van der Waals surface area contributed by atoms with Crippen LogP contribution in [0.3, 0.4) is 0 Å². The number of methoxy groups -OCH3 is 1. The first-order valence-electron chi connectivity index (χ1n) is 7.22. The second kappa shape index (κ2) is 6.60. The summed E-state index contributed by atoms with van der Waals surface area (Å²) in [5, 5.41) is 0. The van der Waals surface area contributed by atoms with Gasteiger partial charge >= 0.3 is 0 Å². The SMILES string of the molecule is C=CCc1cc(C(=O)N2CCC[C@@H](C)C2)ccc1OC. The van der Waals surface area contributed by atoms with Crippen molar-refractivity contribution in [3.8, 4) is 5.75 Å². The van der Waals surface area contributed by atoms with Crippen LogP contribution in [-0.4, -0.2) is 31.0 Å². The normalized spacial score (nSPS) is 18.7. The van der Waals surface area contributed by atoms with Crippen LogP contribution in [0.1, 0.15) is 35.7 Å². The monoisotopic (exact) mass is 273 g/mol. The fourth-order valence-corrected chi connectivity index (χ4v) is 2.78. The van der Waals surface area contributed by atoms with Gasteiger partial charge in [0.2, 0.25) is 0 Å². The molecule has 3 heteroatoms. The Balaban J connectivity index is 2.21. The van der Waals surface area contributed by atoms with Crippen LogP contribution < -0.4 is 4.74 Å². The van der Waals surface area contributed by atoms with Crippen LogP contribution in [-0.2, 0) is 6.42 Å². The van der Waals surface area contributed by atoms with Crippen molar-refractivity contribution in [1.29, 1.82) is 0 Å². The first-order chi connectivity index (χ1) is 9.65. The van der Waals surface area contributed by atoms with E-state index in [2.05, 4.69) is 13.5 Å². The third-order valence-electron chi connectivity index (χ3n) is 3.84. The van der Waals surface area contributed by atoms with Crippen molar-refractivity contribution in [3.63, 3.8) is 0 Å². The first kappa shape index (κ1) is 14.6. The quantitative estimate of drug-likeness (QED) is 0.788. The molecule has 0 radical (unpaired) electrons. The van der Waals surface area contributed by atoms with Gasteiger partial charge in [0.15, 0.2) is 0 Å². The molecule has 0 saturated carbocycles. The van der Waals surface area contributed by atoms with Crippen LogP contribution in [0.15, 0.2) is 30.9 Å². The lowest BCUT2D eigenvalue weighted by atomic mass is 9.99. The Hall–Kier alpha value is -1.77. The molecule has 3 nitrogen and oxygen atoms in total. The maximum Gasteiger partial charge on any atom is 0.253 e. The highest BCUT2D eigenvalue weighted by Crippen LogP contribution is 2.23. The van der Waals surface area contributed by atoms with E-state index in [1.54, 1.807) is 7.11 Å². The van der Waals surface area contributed by atoms with Gasteiger partial charge in [-0.3, -0.25) is 4.79 Å². The number of hydrogen-bond acceptors (Lipinski definition) is 2. The third-order valence-corrected chi connectivity index (χ3v) is 3.84. The zero-order chi connectivity index (χ0) is 14.5. The van der Waals surface area contributed by atoms with E-state index >= 15 is 0 Å². The fourth-order valence-electron chi connectivity index (χ4n) is 2.78. The Kier molecular flexibility index (Phi) is 4.83. The Bertz CT molecular complexity index is 496. The number of allylic oxidation sites excluding steroid dienone is 1. The number of piperidine rings is 1. The summed E-state index contributed by atoms with van der Waals surface area (Å²) < 4.78 is 5.32. The standard InChI is InChI=1S/C17H23NO2/c1-4-6-14-11-15(8-9-16(14)20-3)17(19)18-10-5-7-13(2)12-18/h4,8-9,11,13H,1,5-7,10,12H2,2-3H3/t13-/m1/s1. The van der Waals surface area contributed by atoms with Gasteiger partial charge in [0.05, 0.1) is 7.11 Å². The summed E-state index contributed by atoms with van der Waals surface area (Å²) in [6.07, 6.45) is 4.85. The molecule has 1 atom stereocenters. The van der Waals surface area contributed by atoms with E-state index in [0.29, 0.717) is 12.3 Å². The van der Waals surface area contributed by atoms with Crippen molar-refractivity contribution in [1.82, 2.24) is 4.90 Å². The van der Waals surface area contributed by atoms with Crippen LogP contribution in [0, 0.1) is 5.92 Å². The summed E-state index contributed by atoms with van der Waals surface area (Å²) in [6.45, 7) is 7.69. The number of benzene rings is 1. The van der Waals surface area contributed by atoms with Gasteiger partial charge in [0, 0.05) is 18.7 Å². The molecule has 1 amide bonds. The van der Waals surface area contributed by atoms with Crippen LogP contribution in [0.2, 0.25) is 0 Å². The molecule has 2 rings (SSSR count). The van der Waals surface area contributed by atoms with Crippen LogP contribution in [0.4, 0.5) is 0 Å². The fraction of sp³-hybridized carbons (Fsp3) is 0.471. The summed E-state index contributed by atoms with van der Waals surface area (Å²) in [5.41, 5.74) is 1.76. The van der Waals surface area contributed by atoms with Crippen LogP contribution in [0.25, 0.3) is 0 Å². The molecule has 0 aromatic heterocycles. The third kappa shape index (κ3) is 3.21. The summed E-state index contributed by atoms with van der Waals surface area (Å²) >= 11 is 0. The van der Waals surface area contributed by atoms with Crippen molar-refractivity contribution < 1.29 is 9.53 Å². The number of hydrogen-bond donors (Lipinski definition) is 0. The maximum absolute atomic E-state index is 12.6. The smallest absolute Gasteiger partial charge is 0.253 e. The molecule has 1 saturated heterocycles. The van der Waals surface area contributed by atoms with Crippen LogP contribution in [0.5, 0.6) is 5.75 Å². The Morgan fingerprint density at radius 2 is 2.35 bits per heavy atom. The largest absolute Gasteiger partial charge is 0.496 e. The van der Waals surface area contributed by atoms with Gasteiger partial charge in [-0.05, 0) is 48.9 Å². The lowest BCUT2D eigenvalue weighted by Gasteiger charge is -2.31. The Labute approximate surface area is 121 Å². The lowest BCUT2D eigenvalue weighted by molar-refractivity contribution is 0.0683. The zero-order valence-corrected chi connectivity index (χ0v) is 12.4. The zero-order valence-electron chi connectivity index (χ0n) is 12.4. The molecule has 20 heavy (non-hydrogen) atoms. The molecule has 0 bridgehead atoms. The van der Waals surface area contributed by atoms with E-state index in [9.17, 15) is 4.79 Å². The lowest BCUT2D eigenvalue weighted by Crippen LogP contribution is -2.39. The van der Waals surface area contributed by atoms with E-state index in [1.807, 2.05) is 29.2 Å². The topological polar surface area (TPSA) is 29.5 Å². The second-order valence-electron chi connectivity index (χ2n) is 5.52. The maximum atomic E-state index is 12.6. The molecule has 0 N–H and O–H groups in total. The molecule has 0 aliphatic carbocycles. The first-order valence-corrected chi connectivity index (χ1v) is 7.22. The van der Waals surface area contributed by atoms with Gasteiger partial charge < -0.3 is 9.64 Å². The molecule has 1 aromatic rings. The molecular weight excluding hydrogens is 250 g/mol. The van der Waals surface area contributed by atoms with Gasteiger partial charge in [-0.1, -0.05) is 13.0 Å². The van der Waals surface area contributed by atoms with Gasteiger partial charge in [0.25, 0.3) is 5.91 Å². The van der Waals surface area contributed by atoms with Gasteiger partial charge in [-0.15, -0.1) is 6.58 Å². The van der Waals surface area contributed by atoms with E-state index < -0.39 is 0 Å². The van der Waals surface area contributed by atoms with Crippen molar-refractivity contribution in [2.24, 2.45) is 5.92 Å². The predicted molar refractivity (Wildman–Crippen MR) is 81.2 cm³/mol. The molecule has 1 aromatic carbocycles. The molecule has 1 aliphatic rings. The Morgan fingerprint density at radius 1 is 1.55 bits per heavy atom. The van der Waals surface area contributed by atoms with Gasteiger partial charge in [-0.2, -0.15) is 0 Å². The summed E-state index contributed by atoms with van der Waals surface area (Å²) in [7, 11) is 1.65. The highest BCUT2D eigenvalue weighted by Gasteiger charge is 2.22. The molecule has 1 aliphatic heterocycles. The highest BCUT2D eigenvalue weighted by atomic mass is 16.5. The molecule has 0 unspecified atom stereocenters. The number of amides is 1. The Morgan fingerprint density at radius 3 is 3.00 bits per heavy atom. The second-order valence-corrected chi connectivity index (χ2v) is 5.52. The number of carbonyl (C=O) groups is 1. The number of nitrogens with zero attached hydrogens (tertiary/aromatic N) is 1. The van der Waals surface area contributed by atoms with E-state index in [1.165, 1.54) is 6.42 Å². The average Bonchev–Trinajstić information content (AvgIpc) is 2.47. The molecule has 1 heterocycles. The van der Waals surface area contributed by atoms with Crippen molar-refractivity contribution >= 4 is 5.91 Å². The van der Waals surface area contributed by atoms with E-state index in [0.717, 1.165) is 36.4 Å². The summed E-state index contributed by atoms with van der Waals surface area (Å²) in [4.78, 5) is 14.5. The number of rotatable bonds is 4. The molecule has 0 spiro atoms. The minimum absolute atomic E-state index is 0.129. The molecular formula is C17H23NO2. The van der Waals surface area contributed by atoms with E-state index in [4.69, 9.17) is 4.74 Å². The van der Waals surface area contributed by atoms with Crippen molar-refractivity contribution in [2.45, 2.75) is 26.2 Å². The highest BCUT2D eigenvalue weighted by molar-refractivity contribution is 5.94.